The Labute approximate surface area is 213 Å². The van der Waals surface area contributed by atoms with E-state index in [9.17, 15) is 4.39 Å². The molecule has 2 N–H and O–H groups in total. The lowest BCUT2D eigenvalue weighted by Gasteiger charge is -2.42. The van der Waals surface area contributed by atoms with Crippen molar-refractivity contribution >= 4 is 44.9 Å². The molecule has 4 aromatic rings. The predicted octanol–water partition coefficient (Wildman–Crippen LogP) is 6.58. The van der Waals surface area contributed by atoms with Crippen LogP contribution in [0.25, 0.3) is 32.6 Å². The first-order valence-electron chi connectivity index (χ1n) is 12.7. The molecule has 190 valence electrons. The SMILES string of the molecule is CCC(C)Cn1cc(-c2nc(NC3CC4CCC3CC4)c3ccsc3n2)c2cc(F)cnc21.O=CO. The maximum absolute atomic E-state index is 14.2. The van der Waals surface area contributed by atoms with E-state index in [1.165, 1.54) is 38.3 Å². The molecule has 0 aromatic carbocycles. The fraction of sp³-hybridized carbons (Fsp3) is 0.481. The highest BCUT2D eigenvalue weighted by molar-refractivity contribution is 7.16. The van der Waals surface area contributed by atoms with Crippen LogP contribution < -0.4 is 5.32 Å². The molecule has 0 saturated heterocycles. The molecule has 7 rings (SSSR count). The molecule has 9 heteroatoms. The number of anilines is 1. The lowest BCUT2D eigenvalue weighted by Crippen LogP contribution is -2.40. The Balaban J connectivity index is 0.000000848. The highest BCUT2D eigenvalue weighted by Gasteiger charge is 2.36. The summed E-state index contributed by atoms with van der Waals surface area (Å²) in [6.07, 6.45) is 11.1. The molecule has 4 heterocycles. The number of halogens is 1. The molecule has 0 amide bonds. The van der Waals surface area contributed by atoms with Crippen molar-refractivity contribution in [2.24, 2.45) is 17.8 Å². The van der Waals surface area contributed by atoms with Crippen molar-refractivity contribution in [1.29, 1.82) is 0 Å². The average molecular weight is 510 g/mol. The van der Waals surface area contributed by atoms with Gasteiger partial charge >= 0.3 is 0 Å². The van der Waals surface area contributed by atoms with E-state index in [1.807, 2.05) is 0 Å². The minimum absolute atomic E-state index is 0.250. The van der Waals surface area contributed by atoms with Crippen LogP contribution in [0.15, 0.2) is 29.9 Å². The minimum Gasteiger partial charge on any atom is -0.483 e. The topological polar surface area (TPSA) is 92.9 Å². The van der Waals surface area contributed by atoms with E-state index in [-0.39, 0.29) is 12.3 Å². The highest BCUT2D eigenvalue weighted by Crippen LogP contribution is 2.43. The number of thiophene rings is 1. The van der Waals surface area contributed by atoms with Crippen LogP contribution in [0.1, 0.15) is 52.4 Å². The van der Waals surface area contributed by atoms with Gasteiger partial charge in [0.15, 0.2) is 5.82 Å². The molecular weight excluding hydrogens is 477 g/mol. The Bertz CT molecular complexity index is 1360. The summed E-state index contributed by atoms with van der Waals surface area (Å²) >= 11 is 1.63. The number of aromatic nitrogens is 4. The first-order chi connectivity index (χ1) is 17.5. The zero-order chi connectivity index (χ0) is 25.2. The summed E-state index contributed by atoms with van der Waals surface area (Å²) in [4.78, 5) is 23.7. The van der Waals surface area contributed by atoms with E-state index in [1.54, 1.807) is 17.4 Å². The van der Waals surface area contributed by atoms with E-state index in [0.717, 1.165) is 57.4 Å². The standard InChI is InChI=1S/C26H30FN5S.CH2O2/c1-3-15(2)13-32-14-21(20-11-18(27)12-28-25(20)32)24-30-23(19-8-9-33-26(19)31-24)29-22-10-16-4-6-17(22)7-5-16;2-1-3/h8-9,11-12,14-17,22H,3-7,10,13H2,1-2H3,(H,29,30,31);1H,(H,2,3). The van der Waals surface area contributed by atoms with Gasteiger partial charge < -0.3 is 15.0 Å². The van der Waals surface area contributed by atoms with Crippen molar-refractivity contribution in [3.63, 3.8) is 0 Å². The van der Waals surface area contributed by atoms with Crippen LogP contribution in [-0.2, 0) is 11.3 Å². The number of nitrogens with one attached hydrogen (secondary N) is 1. The van der Waals surface area contributed by atoms with Crippen LogP contribution in [0.4, 0.5) is 10.2 Å². The van der Waals surface area contributed by atoms with Gasteiger partial charge in [-0.25, -0.2) is 19.3 Å². The van der Waals surface area contributed by atoms with Gasteiger partial charge in [-0.15, -0.1) is 11.3 Å². The average Bonchev–Trinajstić information content (AvgIpc) is 3.50. The summed E-state index contributed by atoms with van der Waals surface area (Å²) in [6, 6.07) is 4.16. The second kappa shape index (κ2) is 10.5. The second-order valence-electron chi connectivity index (χ2n) is 10.1. The summed E-state index contributed by atoms with van der Waals surface area (Å²) in [5.41, 5.74) is 1.64. The quantitative estimate of drug-likeness (QED) is 0.285. The van der Waals surface area contributed by atoms with Gasteiger partial charge in [-0.1, -0.05) is 33.1 Å². The molecule has 0 aliphatic heterocycles. The zero-order valence-electron chi connectivity index (χ0n) is 20.7. The summed E-state index contributed by atoms with van der Waals surface area (Å²) in [6.45, 7) is 5.00. The van der Waals surface area contributed by atoms with Crippen LogP contribution in [-0.4, -0.2) is 37.1 Å². The summed E-state index contributed by atoms with van der Waals surface area (Å²) in [5, 5.41) is 14.6. The third kappa shape index (κ3) is 4.81. The van der Waals surface area contributed by atoms with Crippen molar-refractivity contribution in [3.8, 4) is 11.4 Å². The largest absolute Gasteiger partial charge is 0.483 e. The number of carbonyl (C=O) groups is 1. The summed E-state index contributed by atoms with van der Waals surface area (Å²) in [7, 11) is 0. The maximum atomic E-state index is 14.2. The third-order valence-electron chi connectivity index (χ3n) is 7.82. The van der Waals surface area contributed by atoms with E-state index in [2.05, 4.69) is 46.4 Å². The van der Waals surface area contributed by atoms with Gasteiger partial charge in [0.1, 0.15) is 22.1 Å². The molecule has 36 heavy (non-hydrogen) atoms. The Kier molecular flexibility index (Phi) is 7.18. The Morgan fingerprint density at radius 2 is 2.06 bits per heavy atom. The number of nitrogens with zero attached hydrogens (tertiary/aromatic N) is 4. The number of pyridine rings is 1. The van der Waals surface area contributed by atoms with Crippen molar-refractivity contribution in [2.75, 3.05) is 5.32 Å². The van der Waals surface area contributed by atoms with Crippen LogP contribution in [0, 0.1) is 23.6 Å². The van der Waals surface area contributed by atoms with Crippen LogP contribution in [0.5, 0.6) is 0 Å². The molecular formula is C27H32FN5O2S. The Morgan fingerprint density at radius 1 is 1.28 bits per heavy atom. The van der Waals surface area contributed by atoms with E-state index in [0.29, 0.717) is 17.8 Å². The number of fused-ring (bicyclic) bond motifs is 5. The number of rotatable bonds is 6. The van der Waals surface area contributed by atoms with Crippen LogP contribution in [0.3, 0.4) is 0 Å². The fourth-order valence-corrected chi connectivity index (χ4v) is 6.51. The minimum atomic E-state index is -0.334. The van der Waals surface area contributed by atoms with Gasteiger partial charge in [-0.2, -0.15) is 0 Å². The molecule has 2 unspecified atom stereocenters. The number of hydrogen-bond donors (Lipinski definition) is 2. The monoisotopic (exact) mass is 509 g/mol. The third-order valence-corrected chi connectivity index (χ3v) is 8.63. The number of hydrogen-bond acceptors (Lipinski definition) is 6. The smallest absolute Gasteiger partial charge is 0.290 e. The van der Waals surface area contributed by atoms with Crippen LogP contribution in [0.2, 0.25) is 0 Å². The lowest BCUT2D eigenvalue weighted by molar-refractivity contribution is -0.122. The predicted molar refractivity (Wildman–Crippen MR) is 142 cm³/mol. The molecule has 4 aromatic heterocycles. The molecule has 3 aliphatic rings. The molecule has 3 saturated carbocycles. The van der Waals surface area contributed by atoms with Gasteiger partial charge in [0.2, 0.25) is 0 Å². The highest BCUT2D eigenvalue weighted by atomic mass is 32.1. The van der Waals surface area contributed by atoms with Gasteiger partial charge in [0, 0.05) is 29.7 Å². The zero-order valence-corrected chi connectivity index (χ0v) is 21.5. The first kappa shape index (κ1) is 24.6. The van der Waals surface area contributed by atoms with Crippen molar-refractivity contribution in [2.45, 2.75) is 65.0 Å². The molecule has 3 aliphatic carbocycles. The molecule has 0 radical (unpaired) electrons. The van der Waals surface area contributed by atoms with Crippen LogP contribution >= 0.6 is 11.3 Å². The van der Waals surface area contributed by atoms with E-state index >= 15 is 0 Å². The maximum Gasteiger partial charge on any atom is 0.290 e. The second-order valence-corrected chi connectivity index (χ2v) is 11.0. The molecule has 3 fully saturated rings. The van der Waals surface area contributed by atoms with Crippen molar-refractivity contribution in [1.82, 2.24) is 19.5 Å². The summed E-state index contributed by atoms with van der Waals surface area (Å²) < 4.78 is 16.4. The van der Waals surface area contributed by atoms with Gasteiger partial charge in [-0.05, 0) is 54.5 Å². The molecule has 2 bridgehead atoms. The molecule has 2 atom stereocenters. The van der Waals surface area contributed by atoms with E-state index < -0.39 is 0 Å². The van der Waals surface area contributed by atoms with Crippen molar-refractivity contribution < 1.29 is 14.3 Å². The molecule has 7 nitrogen and oxygen atoms in total. The van der Waals surface area contributed by atoms with Gasteiger partial charge in [0.05, 0.1) is 11.6 Å². The Morgan fingerprint density at radius 3 is 2.75 bits per heavy atom. The fourth-order valence-electron chi connectivity index (χ4n) is 5.74. The van der Waals surface area contributed by atoms with Gasteiger partial charge in [0.25, 0.3) is 6.47 Å². The summed E-state index contributed by atoms with van der Waals surface area (Å²) in [5.74, 6) is 3.31. The Hall–Kier alpha value is -3.07. The lowest BCUT2D eigenvalue weighted by atomic mass is 9.68. The van der Waals surface area contributed by atoms with E-state index in [4.69, 9.17) is 19.9 Å². The van der Waals surface area contributed by atoms with Gasteiger partial charge in [-0.3, -0.25) is 4.79 Å². The normalized spacial score (nSPS) is 21.8. The van der Waals surface area contributed by atoms with Crippen molar-refractivity contribution in [3.05, 3.63) is 35.7 Å². The number of carboxylic acid groups (broad SMARTS) is 1. The first-order valence-corrected chi connectivity index (χ1v) is 13.6. The molecule has 0 spiro atoms.